The molecule has 1 aromatic carbocycles. The lowest BCUT2D eigenvalue weighted by Crippen LogP contribution is -2.62. The molecular formula is C34H50O13. The van der Waals surface area contributed by atoms with Crippen LogP contribution in [0.2, 0.25) is 0 Å². The van der Waals surface area contributed by atoms with Gasteiger partial charge in [0.1, 0.15) is 48.3 Å². The van der Waals surface area contributed by atoms with E-state index in [1.807, 2.05) is 71.9 Å². The average molecular weight is 667 g/mol. The molecule has 0 bridgehead atoms. The van der Waals surface area contributed by atoms with Crippen LogP contribution in [0, 0.1) is 5.92 Å². The van der Waals surface area contributed by atoms with Crippen LogP contribution in [0.5, 0.6) is 0 Å². The molecule has 10 atom stereocenters. The molecule has 0 radical (unpaired) electrons. The van der Waals surface area contributed by atoms with E-state index in [1.54, 1.807) is 6.92 Å². The van der Waals surface area contributed by atoms with Gasteiger partial charge in [0.15, 0.2) is 29.9 Å². The molecule has 6 rings (SSSR count). The van der Waals surface area contributed by atoms with E-state index in [0.717, 1.165) is 5.56 Å². The predicted molar refractivity (Wildman–Crippen MR) is 163 cm³/mol. The van der Waals surface area contributed by atoms with E-state index in [1.165, 1.54) is 14.2 Å². The second-order valence-electron chi connectivity index (χ2n) is 14.1. The lowest BCUT2D eigenvalue weighted by molar-refractivity contribution is -0.329. The summed E-state index contributed by atoms with van der Waals surface area (Å²) in [6.45, 7) is 13.5. The van der Waals surface area contributed by atoms with E-state index in [4.69, 9.17) is 56.8 Å². The third kappa shape index (κ3) is 7.13. The van der Waals surface area contributed by atoms with E-state index >= 15 is 0 Å². The van der Waals surface area contributed by atoms with Gasteiger partial charge in [-0.05, 0) is 60.5 Å². The summed E-state index contributed by atoms with van der Waals surface area (Å²) >= 11 is 0. The van der Waals surface area contributed by atoms with Crippen molar-refractivity contribution < 1.29 is 61.6 Å². The summed E-state index contributed by atoms with van der Waals surface area (Å²) in [6.07, 6.45) is -6.35. The minimum Gasteiger partial charge on any atom is -0.466 e. The Hall–Kier alpha value is -1.75. The lowest BCUT2D eigenvalue weighted by Gasteiger charge is -2.45. The molecule has 4 saturated heterocycles. The molecular weight excluding hydrogens is 616 g/mol. The maximum Gasteiger partial charge on any atom is 0.312 e. The lowest BCUT2D eigenvalue weighted by atomic mass is 9.94. The number of carbonyl (C=O) groups is 1. The molecule has 5 aliphatic rings. The fourth-order valence-corrected chi connectivity index (χ4v) is 7.24. The third-order valence-electron chi connectivity index (χ3n) is 9.26. The zero-order valence-electron chi connectivity index (χ0n) is 28.8. The topological polar surface area (TPSA) is 128 Å². The van der Waals surface area contributed by atoms with Gasteiger partial charge in [-0.2, -0.15) is 0 Å². The highest BCUT2D eigenvalue weighted by atomic mass is 16.8. The van der Waals surface area contributed by atoms with E-state index in [-0.39, 0.29) is 25.8 Å². The summed E-state index contributed by atoms with van der Waals surface area (Å²) < 4.78 is 75.4. The van der Waals surface area contributed by atoms with Gasteiger partial charge in [0, 0.05) is 14.2 Å². The van der Waals surface area contributed by atoms with Crippen molar-refractivity contribution >= 4 is 5.97 Å². The molecule has 0 unspecified atom stereocenters. The number of benzene rings is 1. The summed E-state index contributed by atoms with van der Waals surface area (Å²) in [4.78, 5) is 13.1. The Kier molecular flexibility index (Phi) is 9.84. The first-order valence-corrected chi connectivity index (χ1v) is 16.5. The molecule has 47 heavy (non-hydrogen) atoms. The first kappa shape index (κ1) is 35.1. The van der Waals surface area contributed by atoms with Crippen LogP contribution in [0.1, 0.15) is 60.5 Å². The van der Waals surface area contributed by atoms with Crippen molar-refractivity contribution in [3.05, 3.63) is 35.9 Å². The first-order valence-electron chi connectivity index (χ1n) is 16.5. The maximum atomic E-state index is 13.1. The van der Waals surface area contributed by atoms with Gasteiger partial charge >= 0.3 is 5.97 Å². The van der Waals surface area contributed by atoms with Crippen LogP contribution in [-0.2, 0) is 68.2 Å². The Morgan fingerprint density at radius 1 is 0.872 bits per heavy atom. The van der Waals surface area contributed by atoms with Gasteiger partial charge in [-0.25, -0.2) is 0 Å². The minimum absolute atomic E-state index is 0.215. The van der Waals surface area contributed by atoms with Crippen molar-refractivity contribution in [3.8, 4) is 0 Å². The van der Waals surface area contributed by atoms with Crippen LogP contribution in [-0.4, -0.2) is 112 Å². The summed E-state index contributed by atoms with van der Waals surface area (Å²) in [6, 6.07) is 9.80. The standard InChI is InChI=1S/C34H50O13/c1-10-38-28(35)20-16-34(20)27-24(44-33(6,7)46-27)25(39-17-19-14-12-11-13-15-19)30(47-34)41-22(21-18-40-31(2,3)42-21)23-26(29(36-8)37-9)45-32(4,5)43-23/h11-15,20-27,29-30H,10,16-18H2,1-9H3/t20-,21+,22+,23-,24+,25+,26+,27+,30+,34+/m0/s1. The Morgan fingerprint density at radius 3 is 2.19 bits per heavy atom. The van der Waals surface area contributed by atoms with Crippen molar-refractivity contribution in [1.29, 1.82) is 0 Å². The average Bonchev–Trinajstić information content (AvgIpc) is 3.24. The van der Waals surface area contributed by atoms with Gasteiger partial charge in [0.2, 0.25) is 0 Å². The Bertz CT molecular complexity index is 1240. The number of esters is 1. The van der Waals surface area contributed by atoms with Gasteiger partial charge in [-0.1, -0.05) is 30.3 Å². The Labute approximate surface area is 276 Å². The van der Waals surface area contributed by atoms with E-state index < -0.39 is 84.2 Å². The monoisotopic (exact) mass is 666 g/mol. The highest BCUT2D eigenvalue weighted by molar-refractivity contribution is 5.78. The van der Waals surface area contributed by atoms with Crippen molar-refractivity contribution in [2.24, 2.45) is 5.92 Å². The summed E-state index contributed by atoms with van der Waals surface area (Å²) in [5.41, 5.74) is -0.0909. The zero-order chi connectivity index (χ0) is 33.8. The van der Waals surface area contributed by atoms with Crippen molar-refractivity contribution in [3.63, 3.8) is 0 Å². The predicted octanol–water partition coefficient (Wildman–Crippen LogP) is 3.45. The smallest absolute Gasteiger partial charge is 0.312 e. The first-order chi connectivity index (χ1) is 22.2. The molecule has 1 saturated carbocycles. The van der Waals surface area contributed by atoms with E-state index in [2.05, 4.69) is 0 Å². The highest BCUT2D eigenvalue weighted by Crippen LogP contribution is 2.59. The third-order valence-corrected chi connectivity index (χ3v) is 9.26. The molecule has 4 aliphatic heterocycles. The van der Waals surface area contributed by atoms with Crippen LogP contribution >= 0.6 is 0 Å². The second kappa shape index (κ2) is 13.2. The largest absolute Gasteiger partial charge is 0.466 e. The summed E-state index contributed by atoms with van der Waals surface area (Å²) in [5.74, 6) is -3.77. The van der Waals surface area contributed by atoms with Crippen molar-refractivity contribution in [1.82, 2.24) is 0 Å². The molecule has 0 N–H and O–H groups in total. The molecule has 0 amide bonds. The molecule has 1 aromatic rings. The Balaban J connectivity index is 1.37. The molecule has 13 nitrogen and oxygen atoms in total. The SMILES string of the molecule is CCOC(=O)[C@@H]1C[C@@]12O[C@@H](O[C@@H]([C@@H]1OC(C)(C)O[C@H]1C(OC)OC)[C@H]1COC(C)(C)O1)[C@H](OCc1ccccc1)[C@H]1OC(C)(C)O[C@H]12. The number of carbonyl (C=O) groups excluding carboxylic acids is 1. The van der Waals surface area contributed by atoms with Gasteiger partial charge in [-0.3, -0.25) is 4.79 Å². The number of hydrogen-bond acceptors (Lipinski definition) is 13. The van der Waals surface area contributed by atoms with E-state index in [9.17, 15) is 4.79 Å². The van der Waals surface area contributed by atoms with Gasteiger partial charge in [0.25, 0.3) is 0 Å². The van der Waals surface area contributed by atoms with Gasteiger partial charge in [-0.15, -0.1) is 0 Å². The number of methoxy groups -OCH3 is 2. The van der Waals surface area contributed by atoms with Gasteiger partial charge < -0.3 is 56.8 Å². The molecule has 264 valence electrons. The minimum atomic E-state index is -1.05. The molecule has 4 heterocycles. The van der Waals surface area contributed by atoms with Gasteiger partial charge in [0.05, 0.1) is 25.7 Å². The second-order valence-corrected chi connectivity index (χ2v) is 14.1. The van der Waals surface area contributed by atoms with E-state index in [0.29, 0.717) is 6.42 Å². The molecule has 0 aromatic heterocycles. The fourth-order valence-electron chi connectivity index (χ4n) is 7.24. The number of ether oxygens (including phenoxy) is 12. The van der Waals surface area contributed by atoms with Crippen LogP contribution in [0.25, 0.3) is 0 Å². The number of rotatable bonds is 12. The molecule has 5 fully saturated rings. The summed E-state index contributed by atoms with van der Waals surface area (Å²) in [5, 5.41) is 0. The van der Waals surface area contributed by atoms with Crippen LogP contribution in [0.4, 0.5) is 0 Å². The molecule has 1 spiro atoms. The maximum absolute atomic E-state index is 13.1. The zero-order valence-corrected chi connectivity index (χ0v) is 28.8. The summed E-state index contributed by atoms with van der Waals surface area (Å²) in [7, 11) is 3.08. The highest BCUT2D eigenvalue weighted by Gasteiger charge is 2.75. The number of hydrogen-bond donors (Lipinski definition) is 0. The Morgan fingerprint density at radius 2 is 1.55 bits per heavy atom. The number of fused-ring (bicyclic) bond motifs is 2. The normalized spacial score (nSPS) is 38.9. The molecule has 13 heteroatoms. The van der Waals surface area contributed by atoms with Crippen LogP contribution < -0.4 is 0 Å². The molecule has 1 aliphatic carbocycles. The van der Waals surface area contributed by atoms with Crippen molar-refractivity contribution in [2.75, 3.05) is 27.4 Å². The fraction of sp³-hybridized carbons (Fsp3) is 0.794. The van der Waals surface area contributed by atoms with Crippen LogP contribution in [0.15, 0.2) is 30.3 Å². The van der Waals surface area contributed by atoms with Crippen molar-refractivity contribution in [2.45, 2.75) is 140 Å². The quantitative estimate of drug-likeness (QED) is 0.239. The van der Waals surface area contributed by atoms with Crippen LogP contribution in [0.3, 0.4) is 0 Å².